The number of phenols is 1. The predicted octanol–water partition coefficient (Wildman–Crippen LogP) is 3.28. The first-order chi connectivity index (χ1) is 7.20. The first-order valence-electron chi connectivity index (χ1n) is 5.41. The monoisotopic (exact) mass is 269 g/mol. The lowest BCUT2D eigenvalue weighted by Crippen LogP contribution is -2.27. The summed E-state index contributed by atoms with van der Waals surface area (Å²) in [5, 5.41) is 13.5. The van der Waals surface area contributed by atoms with Crippen LogP contribution in [0.25, 0.3) is 0 Å². The predicted molar refractivity (Wildman–Crippen MR) is 65.1 cm³/mol. The van der Waals surface area contributed by atoms with Gasteiger partial charge < -0.3 is 10.4 Å². The first kappa shape index (κ1) is 11.0. The molecule has 1 fully saturated rings. The molecule has 82 valence electrons. The molecule has 1 aliphatic heterocycles. The number of phenolic OH excluding ortho intramolecular Hbond substituents is 1. The number of aryl methyl sites for hydroxylation is 1. The summed E-state index contributed by atoms with van der Waals surface area (Å²) in [5.41, 5.74) is 1.97. The summed E-state index contributed by atoms with van der Waals surface area (Å²) in [6.45, 7) is 2.98. The van der Waals surface area contributed by atoms with E-state index in [-0.39, 0.29) is 0 Å². The van der Waals surface area contributed by atoms with Gasteiger partial charge >= 0.3 is 0 Å². The van der Waals surface area contributed by atoms with Gasteiger partial charge in [-0.2, -0.15) is 0 Å². The second-order valence-corrected chi connectivity index (χ2v) is 4.98. The van der Waals surface area contributed by atoms with Crippen molar-refractivity contribution in [2.75, 3.05) is 6.54 Å². The zero-order valence-corrected chi connectivity index (χ0v) is 10.5. The summed E-state index contributed by atoms with van der Waals surface area (Å²) >= 11 is 3.52. The molecule has 2 nitrogen and oxygen atoms in total. The summed E-state index contributed by atoms with van der Waals surface area (Å²) in [5.74, 6) is 0.434. The molecule has 1 aliphatic rings. The normalized spacial score (nSPS) is 21.6. The highest BCUT2D eigenvalue weighted by Crippen LogP contribution is 2.37. The molecule has 0 spiro atoms. The second kappa shape index (κ2) is 4.54. The van der Waals surface area contributed by atoms with E-state index >= 15 is 0 Å². The fourth-order valence-electron chi connectivity index (χ4n) is 2.12. The molecule has 15 heavy (non-hydrogen) atoms. The lowest BCUT2D eigenvalue weighted by Gasteiger charge is -2.26. The zero-order chi connectivity index (χ0) is 10.8. The van der Waals surface area contributed by atoms with Gasteiger partial charge in [-0.05, 0) is 37.9 Å². The Hall–Kier alpha value is -0.540. The van der Waals surface area contributed by atoms with Crippen LogP contribution in [0.3, 0.4) is 0 Å². The van der Waals surface area contributed by atoms with Crippen molar-refractivity contribution >= 4 is 15.9 Å². The average Bonchev–Trinajstić information content (AvgIpc) is 2.26. The Morgan fingerprint density at radius 2 is 2.20 bits per heavy atom. The Morgan fingerprint density at radius 1 is 1.40 bits per heavy atom. The molecule has 0 radical (unpaired) electrons. The number of piperidine rings is 1. The van der Waals surface area contributed by atoms with Gasteiger partial charge in [0.2, 0.25) is 0 Å². The summed E-state index contributed by atoms with van der Waals surface area (Å²) in [7, 11) is 0. The lowest BCUT2D eigenvalue weighted by molar-refractivity contribution is 0.388. The molecule has 0 bridgehead atoms. The molecule has 2 rings (SSSR count). The highest BCUT2D eigenvalue weighted by Gasteiger charge is 2.21. The maximum absolute atomic E-state index is 10.1. The molecule has 2 N–H and O–H groups in total. The molecule has 3 heteroatoms. The van der Waals surface area contributed by atoms with Crippen LogP contribution in [0.1, 0.15) is 36.4 Å². The molecule has 1 aromatic rings. The third kappa shape index (κ3) is 2.18. The highest BCUT2D eigenvalue weighted by molar-refractivity contribution is 9.10. The number of aromatic hydroxyl groups is 1. The third-order valence-corrected chi connectivity index (χ3v) is 3.72. The van der Waals surface area contributed by atoms with E-state index in [0.717, 1.165) is 28.6 Å². The third-order valence-electron chi connectivity index (χ3n) is 3.02. The van der Waals surface area contributed by atoms with Gasteiger partial charge in [-0.1, -0.05) is 28.4 Å². The van der Waals surface area contributed by atoms with E-state index in [1.54, 1.807) is 0 Å². The van der Waals surface area contributed by atoms with Crippen molar-refractivity contribution in [3.05, 3.63) is 27.7 Å². The van der Waals surface area contributed by atoms with Gasteiger partial charge in [-0.15, -0.1) is 0 Å². The quantitative estimate of drug-likeness (QED) is 0.820. The van der Waals surface area contributed by atoms with Crippen LogP contribution in [0.15, 0.2) is 16.6 Å². The van der Waals surface area contributed by atoms with Crippen molar-refractivity contribution in [1.82, 2.24) is 5.32 Å². The first-order valence-corrected chi connectivity index (χ1v) is 6.21. The van der Waals surface area contributed by atoms with Gasteiger partial charge in [0.15, 0.2) is 0 Å². The van der Waals surface area contributed by atoms with Crippen molar-refractivity contribution in [3.8, 4) is 5.75 Å². The van der Waals surface area contributed by atoms with Crippen molar-refractivity contribution in [3.63, 3.8) is 0 Å². The van der Waals surface area contributed by atoms with Gasteiger partial charge in [-0.3, -0.25) is 0 Å². The Morgan fingerprint density at radius 3 is 2.87 bits per heavy atom. The average molecular weight is 270 g/mol. The Kier molecular flexibility index (Phi) is 3.32. The van der Waals surface area contributed by atoms with Gasteiger partial charge in [0.1, 0.15) is 5.75 Å². The van der Waals surface area contributed by atoms with E-state index in [0.29, 0.717) is 11.8 Å². The molecule has 0 saturated carbocycles. The van der Waals surface area contributed by atoms with Crippen molar-refractivity contribution in [2.45, 2.75) is 32.2 Å². The van der Waals surface area contributed by atoms with Crippen LogP contribution in [0.4, 0.5) is 0 Å². The SMILES string of the molecule is Cc1ccc(Br)c(C2CCCCN2)c1O. The van der Waals surface area contributed by atoms with Gasteiger partial charge in [0.25, 0.3) is 0 Å². The summed E-state index contributed by atoms with van der Waals surface area (Å²) in [6, 6.07) is 4.25. The van der Waals surface area contributed by atoms with Gasteiger partial charge in [0, 0.05) is 16.1 Å². The maximum atomic E-state index is 10.1. The smallest absolute Gasteiger partial charge is 0.124 e. The van der Waals surface area contributed by atoms with E-state index in [1.807, 2.05) is 19.1 Å². The van der Waals surface area contributed by atoms with Crippen LogP contribution in [-0.4, -0.2) is 11.7 Å². The van der Waals surface area contributed by atoms with Crippen molar-refractivity contribution < 1.29 is 5.11 Å². The molecule has 1 saturated heterocycles. The van der Waals surface area contributed by atoms with E-state index in [4.69, 9.17) is 0 Å². The number of hydrogen-bond donors (Lipinski definition) is 2. The van der Waals surface area contributed by atoms with Gasteiger partial charge in [-0.25, -0.2) is 0 Å². The molecule has 0 aromatic heterocycles. The number of rotatable bonds is 1. The maximum Gasteiger partial charge on any atom is 0.124 e. The van der Waals surface area contributed by atoms with E-state index in [1.165, 1.54) is 12.8 Å². The second-order valence-electron chi connectivity index (χ2n) is 4.13. The molecule has 1 atom stereocenters. The topological polar surface area (TPSA) is 32.3 Å². The molecule has 1 heterocycles. The van der Waals surface area contributed by atoms with Crippen LogP contribution < -0.4 is 5.32 Å². The van der Waals surface area contributed by atoms with Crippen LogP contribution >= 0.6 is 15.9 Å². The van der Waals surface area contributed by atoms with Crippen LogP contribution in [-0.2, 0) is 0 Å². The summed E-state index contributed by atoms with van der Waals surface area (Å²) in [4.78, 5) is 0. The number of benzene rings is 1. The van der Waals surface area contributed by atoms with Crippen molar-refractivity contribution in [2.24, 2.45) is 0 Å². The highest BCUT2D eigenvalue weighted by atomic mass is 79.9. The number of halogens is 1. The molecule has 1 aromatic carbocycles. The lowest BCUT2D eigenvalue weighted by atomic mass is 9.95. The van der Waals surface area contributed by atoms with E-state index < -0.39 is 0 Å². The minimum absolute atomic E-state index is 0.299. The molecule has 0 amide bonds. The number of nitrogens with one attached hydrogen (secondary N) is 1. The largest absolute Gasteiger partial charge is 0.507 e. The Labute approximate surface area is 98.8 Å². The Balaban J connectivity index is 2.36. The van der Waals surface area contributed by atoms with Crippen LogP contribution in [0.5, 0.6) is 5.75 Å². The fourth-order valence-corrected chi connectivity index (χ4v) is 2.72. The van der Waals surface area contributed by atoms with Gasteiger partial charge in [0.05, 0.1) is 0 Å². The van der Waals surface area contributed by atoms with Crippen LogP contribution in [0, 0.1) is 6.92 Å². The molecular weight excluding hydrogens is 254 g/mol. The van der Waals surface area contributed by atoms with E-state index in [9.17, 15) is 5.11 Å². The molecular formula is C12H16BrNO. The van der Waals surface area contributed by atoms with Crippen molar-refractivity contribution in [1.29, 1.82) is 0 Å². The fraction of sp³-hybridized carbons (Fsp3) is 0.500. The molecule has 0 aliphatic carbocycles. The van der Waals surface area contributed by atoms with Crippen LogP contribution in [0.2, 0.25) is 0 Å². The Bertz CT molecular complexity index is 359. The zero-order valence-electron chi connectivity index (χ0n) is 8.89. The molecule has 1 unspecified atom stereocenters. The minimum Gasteiger partial charge on any atom is -0.507 e. The van der Waals surface area contributed by atoms with E-state index in [2.05, 4.69) is 21.2 Å². The summed E-state index contributed by atoms with van der Waals surface area (Å²) in [6.07, 6.45) is 3.58. The minimum atomic E-state index is 0.299. The standard InChI is InChI=1S/C12H16BrNO/c1-8-5-6-9(13)11(12(8)15)10-4-2-3-7-14-10/h5-6,10,14-15H,2-4,7H2,1H3. The summed E-state index contributed by atoms with van der Waals surface area (Å²) < 4.78 is 1.00. The number of hydrogen-bond acceptors (Lipinski definition) is 2.